The van der Waals surface area contributed by atoms with Crippen LogP contribution in [-0.2, 0) is 9.30 Å². The van der Waals surface area contributed by atoms with Gasteiger partial charge in [-0.1, -0.05) is 6.58 Å². The lowest BCUT2D eigenvalue weighted by Gasteiger charge is -1.97. The van der Waals surface area contributed by atoms with E-state index >= 15 is 0 Å². The lowest BCUT2D eigenvalue weighted by Crippen LogP contribution is -1.96. The van der Waals surface area contributed by atoms with Crippen LogP contribution in [0.25, 0.3) is 0 Å². The average molecular weight is 152 g/mol. The molecule has 6 heteroatoms. The quantitative estimate of drug-likeness (QED) is 0.443. The SMILES string of the molecule is C=COC(=O)P(=O)(O)O. The number of carbonyl (C=O) groups is 1. The summed E-state index contributed by atoms with van der Waals surface area (Å²) in [5, 5.41) is 0. The molecule has 0 rings (SSSR count). The topological polar surface area (TPSA) is 83.8 Å². The Bertz CT molecular complexity index is 167. The van der Waals surface area contributed by atoms with Crippen LogP contribution in [0.1, 0.15) is 0 Å². The van der Waals surface area contributed by atoms with E-state index in [1.165, 1.54) is 0 Å². The molecule has 0 bridgehead atoms. The van der Waals surface area contributed by atoms with Crippen LogP contribution in [0.2, 0.25) is 0 Å². The number of hydrogen-bond donors (Lipinski definition) is 2. The third-order valence-corrected chi connectivity index (χ3v) is 1.00. The molecule has 0 aliphatic carbocycles. The van der Waals surface area contributed by atoms with Crippen LogP contribution >= 0.6 is 7.60 Å². The Labute approximate surface area is 51.1 Å². The molecule has 0 aromatic rings. The minimum Gasteiger partial charge on any atom is -0.426 e. The van der Waals surface area contributed by atoms with Gasteiger partial charge in [-0.15, -0.1) is 0 Å². The maximum Gasteiger partial charge on any atom is 0.433 e. The standard InChI is InChI=1S/C3H5O5P/c1-2-8-3(4)9(5,6)7/h2H,1H2,(H2,5,6,7). The van der Waals surface area contributed by atoms with Crippen LogP contribution < -0.4 is 0 Å². The first-order valence-electron chi connectivity index (χ1n) is 1.86. The third-order valence-electron chi connectivity index (χ3n) is 0.422. The van der Waals surface area contributed by atoms with Gasteiger partial charge in [0.2, 0.25) is 0 Å². The highest BCUT2D eigenvalue weighted by atomic mass is 31.2. The van der Waals surface area contributed by atoms with Crippen LogP contribution in [0.15, 0.2) is 12.8 Å². The Morgan fingerprint density at radius 3 is 2.22 bits per heavy atom. The maximum absolute atomic E-state index is 10.0. The van der Waals surface area contributed by atoms with E-state index in [0.717, 1.165) is 0 Å². The summed E-state index contributed by atoms with van der Waals surface area (Å²) in [5.74, 6) is 0. The van der Waals surface area contributed by atoms with Crippen molar-refractivity contribution in [2.24, 2.45) is 0 Å². The number of hydrogen-bond acceptors (Lipinski definition) is 3. The molecule has 52 valence electrons. The molecule has 0 unspecified atom stereocenters. The van der Waals surface area contributed by atoms with Crippen molar-refractivity contribution in [3.8, 4) is 0 Å². The fraction of sp³-hybridized carbons (Fsp3) is 0. The van der Waals surface area contributed by atoms with Gasteiger partial charge in [0.05, 0.1) is 6.26 Å². The van der Waals surface area contributed by atoms with E-state index in [2.05, 4.69) is 11.3 Å². The van der Waals surface area contributed by atoms with Crippen molar-refractivity contribution < 1.29 is 23.9 Å². The second kappa shape index (κ2) is 2.77. The molecule has 0 heterocycles. The minimum atomic E-state index is -4.71. The molecule has 0 aromatic carbocycles. The van der Waals surface area contributed by atoms with Gasteiger partial charge in [-0.05, 0) is 0 Å². The number of rotatable bonds is 2. The Balaban J connectivity index is 4.06. The highest BCUT2D eigenvalue weighted by Gasteiger charge is 2.26. The zero-order chi connectivity index (χ0) is 7.49. The van der Waals surface area contributed by atoms with Gasteiger partial charge in [-0.2, -0.15) is 0 Å². The van der Waals surface area contributed by atoms with Crippen molar-refractivity contribution in [2.75, 3.05) is 0 Å². The molecule has 9 heavy (non-hydrogen) atoms. The average Bonchev–Trinajstić information content (AvgIpc) is 1.64. The molecular formula is C3H5O5P. The molecule has 0 aromatic heterocycles. The summed E-state index contributed by atoms with van der Waals surface area (Å²) in [6.45, 7) is 2.93. The Kier molecular flexibility index (Phi) is 2.58. The summed E-state index contributed by atoms with van der Waals surface area (Å²) >= 11 is 0. The van der Waals surface area contributed by atoms with Crippen LogP contribution in [0.5, 0.6) is 0 Å². The lowest BCUT2D eigenvalue weighted by molar-refractivity contribution is 0.200. The smallest absolute Gasteiger partial charge is 0.426 e. The van der Waals surface area contributed by atoms with Crippen LogP contribution in [0.4, 0.5) is 4.79 Å². The second-order valence-electron chi connectivity index (χ2n) is 1.09. The van der Waals surface area contributed by atoms with Crippen molar-refractivity contribution in [1.82, 2.24) is 0 Å². The van der Waals surface area contributed by atoms with Gasteiger partial charge in [0.1, 0.15) is 0 Å². The summed E-state index contributed by atoms with van der Waals surface area (Å²) in [7, 11) is -4.71. The maximum atomic E-state index is 10.0. The van der Waals surface area contributed by atoms with Crippen molar-refractivity contribution in [1.29, 1.82) is 0 Å². The van der Waals surface area contributed by atoms with E-state index < -0.39 is 13.3 Å². The first-order valence-corrected chi connectivity index (χ1v) is 3.47. The highest BCUT2D eigenvalue weighted by Crippen LogP contribution is 2.36. The van der Waals surface area contributed by atoms with E-state index in [1.807, 2.05) is 0 Å². The summed E-state index contributed by atoms with van der Waals surface area (Å²) in [4.78, 5) is 26.0. The van der Waals surface area contributed by atoms with Crippen LogP contribution in [-0.4, -0.2) is 15.5 Å². The number of carbonyl (C=O) groups excluding carboxylic acids is 1. The van der Waals surface area contributed by atoms with Gasteiger partial charge in [-0.25, -0.2) is 9.36 Å². The van der Waals surface area contributed by atoms with Gasteiger partial charge in [0, 0.05) is 0 Å². The fourth-order valence-corrected chi connectivity index (χ4v) is 0.352. The third kappa shape index (κ3) is 3.03. The number of ether oxygens (including phenoxy) is 1. The predicted molar refractivity (Wildman–Crippen MR) is 28.7 cm³/mol. The van der Waals surface area contributed by atoms with E-state index in [4.69, 9.17) is 9.79 Å². The lowest BCUT2D eigenvalue weighted by atomic mass is 11.1. The van der Waals surface area contributed by atoms with Crippen molar-refractivity contribution >= 4 is 13.3 Å². The van der Waals surface area contributed by atoms with Gasteiger partial charge in [0.25, 0.3) is 0 Å². The van der Waals surface area contributed by atoms with Crippen molar-refractivity contribution in [3.05, 3.63) is 12.8 Å². The zero-order valence-corrected chi connectivity index (χ0v) is 5.25. The minimum absolute atomic E-state index is 0.654. The monoisotopic (exact) mass is 152 g/mol. The van der Waals surface area contributed by atoms with Crippen molar-refractivity contribution in [3.63, 3.8) is 0 Å². The molecule has 5 nitrogen and oxygen atoms in total. The van der Waals surface area contributed by atoms with E-state index in [0.29, 0.717) is 6.26 Å². The van der Waals surface area contributed by atoms with E-state index in [-0.39, 0.29) is 0 Å². The first kappa shape index (κ1) is 8.36. The first-order chi connectivity index (χ1) is 3.98. The second-order valence-corrected chi connectivity index (χ2v) is 2.55. The summed E-state index contributed by atoms with van der Waals surface area (Å²) in [5.41, 5.74) is -1.59. The summed E-state index contributed by atoms with van der Waals surface area (Å²) in [6.07, 6.45) is 0.654. The molecule has 0 saturated heterocycles. The molecule has 0 atom stereocenters. The predicted octanol–water partition coefficient (Wildman–Crippen LogP) is 0.444. The van der Waals surface area contributed by atoms with Crippen LogP contribution in [0.3, 0.4) is 0 Å². The largest absolute Gasteiger partial charge is 0.433 e. The Morgan fingerprint density at radius 2 is 2.11 bits per heavy atom. The van der Waals surface area contributed by atoms with Crippen molar-refractivity contribution in [2.45, 2.75) is 0 Å². The zero-order valence-electron chi connectivity index (χ0n) is 4.35. The Hall–Kier alpha value is -0.640. The molecule has 0 saturated carbocycles. The van der Waals surface area contributed by atoms with E-state index in [1.54, 1.807) is 0 Å². The molecule has 0 aliphatic rings. The molecular weight excluding hydrogens is 147 g/mol. The van der Waals surface area contributed by atoms with Gasteiger partial charge < -0.3 is 14.5 Å². The molecule has 0 fully saturated rings. The summed E-state index contributed by atoms with van der Waals surface area (Å²) in [6, 6.07) is 0. The van der Waals surface area contributed by atoms with E-state index in [9.17, 15) is 9.36 Å². The fourth-order valence-electron chi connectivity index (χ4n) is 0.140. The Morgan fingerprint density at radius 1 is 1.67 bits per heavy atom. The van der Waals surface area contributed by atoms with Gasteiger partial charge >= 0.3 is 13.3 Å². The molecule has 0 aliphatic heterocycles. The molecule has 0 radical (unpaired) electrons. The van der Waals surface area contributed by atoms with Gasteiger partial charge in [-0.3, -0.25) is 0 Å². The normalized spacial score (nSPS) is 10.4. The molecule has 0 spiro atoms. The molecule has 0 amide bonds. The highest BCUT2D eigenvalue weighted by molar-refractivity contribution is 7.69. The molecule has 2 N–H and O–H groups in total. The van der Waals surface area contributed by atoms with Crippen LogP contribution in [0, 0.1) is 0 Å². The summed E-state index contributed by atoms with van der Waals surface area (Å²) < 4.78 is 13.7. The van der Waals surface area contributed by atoms with Gasteiger partial charge in [0.15, 0.2) is 0 Å².